The number of methoxy groups -OCH3 is 1. The van der Waals surface area contributed by atoms with Crippen LogP contribution in [0.2, 0.25) is 5.02 Å². The highest BCUT2D eigenvalue weighted by molar-refractivity contribution is 6.31. The number of halogens is 1. The molecule has 2 N–H and O–H groups in total. The van der Waals surface area contributed by atoms with Gasteiger partial charge in [0, 0.05) is 18.1 Å². The number of nitrogens with zero attached hydrogens (tertiary/aromatic N) is 1. The molecule has 0 radical (unpaired) electrons. The Morgan fingerprint density at radius 3 is 2.57 bits per heavy atom. The van der Waals surface area contributed by atoms with Crippen LogP contribution in [0, 0.1) is 6.92 Å². The van der Waals surface area contributed by atoms with E-state index in [0.717, 1.165) is 10.5 Å². The first kappa shape index (κ1) is 17.1. The number of aryl methyl sites for hydroxylation is 1. The number of nitrogens with one attached hydrogen (secondary N) is 1. The number of likely N-dealkylation sites (N-methyl/N-ethyl adjacent to an activating group) is 1. The number of ether oxygens (including phenoxy) is 1. The number of aliphatic carboxylic acids is 1. The first-order chi connectivity index (χ1) is 9.81. The van der Waals surface area contributed by atoms with Crippen molar-refractivity contribution in [3.05, 3.63) is 22.7 Å². The SMILES string of the molecule is CCC(C(=O)O)N(C)C(=O)Nc1cc(C)c(Cl)cc1OC. The lowest BCUT2D eigenvalue weighted by molar-refractivity contribution is -0.141. The molecule has 0 aliphatic heterocycles. The molecule has 116 valence electrons. The molecule has 1 aromatic carbocycles. The number of carboxylic acids is 1. The van der Waals surface area contributed by atoms with Crippen LogP contribution in [0.25, 0.3) is 0 Å². The number of hydrogen-bond acceptors (Lipinski definition) is 3. The maximum absolute atomic E-state index is 12.1. The number of anilines is 1. The molecule has 0 aliphatic rings. The normalized spacial score (nSPS) is 11.7. The van der Waals surface area contributed by atoms with Gasteiger partial charge < -0.3 is 20.1 Å². The van der Waals surface area contributed by atoms with Gasteiger partial charge in [0.2, 0.25) is 0 Å². The molecule has 0 fully saturated rings. The van der Waals surface area contributed by atoms with Crippen LogP contribution in [-0.4, -0.2) is 42.2 Å². The van der Waals surface area contributed by atoms with Crippen LogP contribution in [0.5, 0.6) is 5.75 Å². The number of rotatable bonds is 5. The molecule has 0 bridgehead atoms. The second-order valence-electron chi connectivity index (χ2n) is 4.61. The van der Waals surface area contributed by atoms with Crippen LogP contribution >= 0.6 is 11.6 Å². The summed E-state index contributed by atoms with van der Waals surface area (Å²) in [6.45, 7) is 3.50. The van der Waals surface area contributed by atoms with E-state index in [0.29, 0.717) is 22.9 Å². The third-order valence-electron chi connectivity index (χ3n) is 3.18. The Labute approximate surface area is 128 Å². The van der Waals surface area contributed by atoms with Gasteiger partial charge in [-0.1, -0.05) is 18.5 Å². The average Bonchev–Trinajstić information content (AvgIpc) is 2.42. The molecule has 0 spiro atoms. The zero-order valence-electron chi connectivity index (χ0n) is 12.4. The van der Waals surface area contributed by atoms with Gasteiger partial charge in [0.25, 0.3) is 0 Å². The van der Waals surface area contributed by atoms with Crippen LogP contribution in [0.15, 0.2) is 12.1 Å². The fraction of sp³-hybridized carbons (Fsp3) is 0.429. The fourth-order valence-electron chi connectivity index (χ4n) is 1.89. The molecule has 0 aliphatic carbocycles. The minimum atomic E-state index is -1.05. The first-order valence-electron chi connectivity index (χ1n) is 6.42. The average molecular weight is 315 g/mol. The summed E-state index contributed by atoms with van der Waals surface area (Å²) in [6.07, 6.45) is 0.316. The van der Waals surface area contributed by atoms with E-state index in [2.05, 4.69) is 5.32 Å². The van der Waals surface area contributed by atoms with Crippen LogP contribution in [0.4, 0.5) is 10.5 Å². The summed E-state index contributed by atoms with van der Waals surface area (Å²) >= 11 is 6.00. The van der Waals surface area contributed by atoms with E-state index >= 15 is 0 Å². The van der Waals surface area contributed by atoms with Gasteiger partial charge in [-0.05, 0) is 25.0 Å². The van der Waals surface area contributed by atoms with Gasteiger partial charge in [-0.25, -0.2) is 9.59 Å². The van der Waals surface area contributed by atoms with Crippen molar-refractivity contribution in [2.75, 3.05) is 19.5 Å². The minimum Gasteiger partial charge on any atom is -0.495 e. The molecule has 0 aromatic heterocycles. The van der Waals surface area contributed by atoms with Crippen molar-refractivity contribution in [3.63, 3.8) is 0 Å². The van der Waals surface area contributed by atoms with Gasteiger partial charge in [0.15, 0.2) is 0 Å². The monoisotopic (exact) mass is 314 g/mol. The molecule has 1 aromatic rings. The van der Waals surface area contributed by atoms with Crippen molar-refractivity contribution in [1.29, 1.82) is 0 Å². The summed E-state index contributed by atoms with van der Waals surface area (Å²) in [5, 5.41) is 12.2. The van der Waals surface area contributed by atoms with Crippen LogP contribution in [0.3, 0.4) is 0 Å². The summed E-state index contributed by atoms with van der Waals surface area (Å²) in [4.78, 5) is 24.4. The van der Waals surface area contributed by atoms with E-state index in [4.69, 9.17) is 21.4 Å². The molecule has 0 heterocycles. The topological polar surface area (TPSA) is 78.9 Å². The largest absolute Gasteiger partial charge is 0.495 e. The number of carboxylic acid groups (broad SMARTS) is 1. The second kappa shape index (κ2) is 7.17. The molecule has 0 saturated carbocycles. The molecular formula is C14H19ClN2O4. The summed E-state index contributed by atoms with van der Waals surface area (Å²) in [5.41, 5.74) is 1.22. The van der Waals surface area contributed by atoms with Crippen molar-refractivity contribution in [2.45, 2.75) is 26.3 Å². The lowest BCUT2D eigenvalue weighted by Gasteiger charge is -2.24. The summed E-state index contributed by atoms with van der Waals surface area (Å²) < 4.78 is 5.16. The molecule has 7 heteroatoms. The number of urea groups is 1. The van der Waals surface area contributed by atoms with E-state index in [1.165, 1.54) is 14.2 Å². The smallest absolute Gasteiger partial charge is 0.326 e. The Morgan fingerprint density at radius 2 is 2.10 bits per heavy atom. The number of carbonyl (C=O) groups excluding carboxylic acids is 1. The van der Waals surface area contributed by atoms with E-state index in [1.807, 2.05) is 0 Å². The Morgan fingerprint density at radius 1 is 1.48 bits per heavy atom. The van der Waals surface area contributed by atoms with Crippen molar-refractivity contribution in [2.24, 2.45) is 0 Å². The molecule has 1 rings (SSSR count). The third-order valence-corrected chi connectivity index (χ3v) is 3.59. The zero-order chi connectivity index (χ0) is 16.2. The predicted molar refractivity (Wildman–Crippen MR) is 81.2 cm³/mol. The van der Waals surface area contributed by atoms with Crippen molar-refractivity contribution in [1.82, 2.24) is 4.90 Å². The zero-order valence-corrected chi connectivity index (χ0v) is 13.2. The van der Waals surface area contributed by atoms with Gasteiger partial charge in [-0.3, -0.25) is 0 Å². The highest BCUT2D eigenvalue weighted by Gasteiger charge is 2.25. The first-order valence-corrected chi connectivity index (χ1v) is 6.80. The lowest BCUT2D eigenvalue weighted by atomic mass is 10.2. The molecule has 1 atom stereocenters. The summed E-state index contributed by atoms with van der Waals surface area (Å²) in [7, 11) is 2.90. The third kappa shape index (κ3) is 4.01. The molecular weight excluding hydrogens is 296 g/mol. The molecule has 0 saturated heterocycles. The van der Waals surface area contributed by atoms with Crippen LogP contribution < -0.4 is 10.1 Å². The molecule has 21 heavy (non-hydrogen) atoms. The van der Waals surface area contributed by atoms with E-state index < -0.39 is 18.0 Å². The summed E-state index contributed by atoms with van der Waals surface area (Å²) in [5.74, 6) is -0.634. The number of carbonyl (C=O) groups is 2. The van der Waals surface area contributed by atoms with Gasteiger partial charge >= 0.3 is 12.0 Å². The molecule has 1 unspecified atom stereocenters. The highest BCUT2D eigenvalue weighted by atomic mass is 35.5. The summed E-state index contributed by atoms with van der Waals surface area (Å²) in [6, 6.07) is 1.86. The quantitative estimate of drug-likeness (QED) is 0.875. The van der Waals surface area contributed by atoms with Gasteiger partial charge in [0.1, 0.15) is 11.8 Å². The predicted octanol–water partition coefficient (Wildman–Crippen LogP) is 2.98. The van der Waals surface area contributed by atoms with Crippen LogP contribution in [-0.2, 0) is 4.79 Å². The lowest BCUT2D eigenvalue weighted by Crippen LogP contribution is -2.44. The standard InChI is InChI=1S/C14H19ClN2O4/c1-5-11(13(18)19)17(3)14(20)16-10-6-8(2)9(15)7-12(10)21-4/h6-7,11H,5H2,1-4H3,(H,16,20)(H,18,19). The Balaban J connectivity index is 2.97. The maximum atomic E-state index is 12.1. The van der Waals surface area contributed by atoms with E-state index in [-0.39, 0.29) is 0 Å². The number of hydrogen-bond donors (Lipinski definition) is 2. The van der Waals surface area contributed by atoms with Crippen molar-refractivity contribution < 1.29 is 19.4 Å². The van der Waals surface area contributed by atoms with Gasteiger partial charge in [0.05, 0.1) is 12.8 Å². The van der Waals surface area contributed by atoms with Gasteiger partial charge in [-0.2, -0.15) is 0 Å². The Kier molecular flexibility index (Phi) is 5.84. The van der Waals surface area contributed by atoms with E-state index in [9.17, 15) is 9.59 Å². The second-order valence-corrected chi connectivity index (χ2v) is 5.01. The fourth-order valence-corrected chi connectivity index (χ4v) is 2.04. The van der Waals surface area contributed by atoms with Crippen molar-refractivity contribution >= 4 is 29.3 Å². The Bertz CT molecular complexity index is 548. The number of amides is 2. The van der Waals surface area contributed by atoms with E-state index in [1.54, 1.807) is 26.0 Å². The number of benzene rings is 1. The molecule has 6 nitrogen and oxygen atoms in total. The highest BCUT2D eigenvalue weighted by Crippen LogP contribution is 2.31. The maximum Gasteiger partial charge on any atom is 0.326 e. The van der Waals surface area contributed by atoms with Crippen molar-refractivity contribution in [3.8, 4) is 5.75 Å². The minimum absolute atomic E-state index is 0.316. The Hall–Kier alpha value is -1.95. The van der Waals surface area contributed by atoms with Gasteiger partial charge in [-0.15, -0.1) is 0 Å². The van der Waals surface area contributed by atoms with Crippen LogP contribution in [0.1, 0.15) is 18.9 Å². The molecule has 2 amide bonds.